The summed E-state index contributed by atoms with van der Waals surface area (Å²) in [6, 6.07) is -0.0544. The predicted molar refractivity (Wildman–Crippen MR) is 52.4 cm³/mol. The number of quaternary nitrogens is 1. The van der Waals surface area contributed by atoms with Crippen LogP contribution in [0.5, 0.6) is 0 Å². The molecule has 0 aromatic heterocycles. The minimum absolute atomic E-state index is 0.0544. The van der Waals surface area contributed by atoms with Crippen molar-refractivity contribution in [2.24, 2.45) is 0 Å². The molecule has 1 atom stereocenters. The van der Waals surface area contributed by atoms with Gasteiger partial charge < -0.3 is 4.48 Å². The molecule has 0 aliphatic rings. The van der Waals surface area contributed by atoms with Gasteiger partial charge in [0.05, 0.1) is 26.5 Å². The minimum atomic E-state index is -0.0544. The number of carbonyl (C=O) groups is 1. The van der Waals surface area contributed by atoms with E-state index in [2.05, 4.69) is 6.58 Å². The van der Waals surface area contributed by atoms with E-state index in [9.17, 15) is 4.79 Å². The van der Waals surface area contributed by atoms with E-state index in [1.807, 2.05) is 21.0 Å². The van der Waals surface area contributed by atoms with Crippen LogP contribution < -0.4 is 0 Å². The second kappa shape index (κ2) is 4.63. The van der Waals surface area contributed by atoms with E-state index in [-0.39, 0.29) is 11.8 Å². The van der Waals surface area contributed by atoms with E-state index in [1.54, 1.807) is 0 Å². The number of rotatable bonds is 5. The highest BCUT2D eigenvalue weighted by molar-refractivity contribution is 6.17. The molecule has 0 amide bonds. The maximum atomic E-state index is 11.3. The van der Waals surface area contributed by atoms with Gasteiger partial charge in [-0.2, -0.15) is 0 Å². The van der Waals surface area contributed by atoms with E-state index in [0.717, 1.165) is 6.54 Å². The molecule has 0 radical (unpaired) electrons. The van der Waals surface area contributed by atoms with Crippen molar-refractivity contribution in [2.45, 2.75) is 13.0 Å². The van der Waals surface area contributed by atoms with Crippen LogP contribution in [0.15, 0.2) is 12.7 Å². The molecule has 0 fully saturated rings. The largest absolute Gasteiger partial charge is 0.319 e. The average molecular weight is 191 g/mol. The number of nitrogens with zero attached hydrogens (tertiary/aromatic N) is 1. The molecule has 70 valence electrons. The summed E-state index contributed by atoms with van der Waals surface area (Å²) in [6.07, 6.45) is 1.37. The van der Waals surface area contributed by atoms with Gasteiger partial charge in [-0.1, -0.05) is 6.58 Å². The fourth-order valence-corrected chi connectivity index (χ4v) is 1.36. The first-order valence-corrected chi connectivity index (χ1v) is 4.54. The Morgan fingerprint density at radius 3 is 2.50 bits per heavy atom. The predicted octanol–water partition coefficient (Wildman–Crippen LogP) is 1.45. The zero-order valence-corrected chi connectivity index (χ0v) is 8.77. The lowest BCUT2D eigenvalue weighted by atomic mass is 10.1. The molecule has 0 N–H and O–H groups in total. The van der Waals surface area contributed by atoms with Crippen molar-refractivity contribution in [3.63, 3.8) is 0 Å². The molecule has 0 spiro atoms. The molecule has 0 aliphatic heterocycles. The molecule has 0 aromatic rings. The highest BCUT2D eigenvalue weighted by Gasteiger charge is 2.27. The minimum Gasteiger partial charge on any atom is -0.319 e. The van der Waals surface area contributed by atoms with Crippen LogP contribution in [0.1, 0.15) is 6.92 Å². The topological polar surface area (TPSA) is 17.1 Å². The van der Waals surface area contributed by atoms with E-state index in [4.69, 9.17) is 11.6 Å². The summed E-state index contributed by atoms with van der Waals surface area (Å²) < 4.78 is 0.619. The van der Waals surface area contributed by atoms with Gasteiger partial charge in [0.1, 0.15) is 6.04 Å². The van der Waals surface area contributed by atoms with Gasteiger partial charge in [0.2, 0.25) is 5.78 Å². The Kier molecular flexibility index (Phi) is 4.50. The Bertz CT molecular complexity index is 177. The quantitative estimate of drug-likeness (QED) is 0.364. The molecule has 0 bridgehead atoms. The van der Waals surface area contributed by atoms with Crippen molar-refractivity contribution in [2.75, 3.05) is 26.5 Å². The van der Waals surface area contributed by atoms with E-state index >= 15 is 0 Å². The Balaban J connectivity index is 4.32. The van der Waals surface area contributed by atoms with Gasteiger partial charge in [-0.3, -0.25) is 4.79 Å². The number of ketones is 1. The van der Waals surface area contributed by atoms with Crippen LogP contribution in [-0.4, -0.2) is 42.8 Å². The first-order chi connectivity index (χ1) is 5.45. The SMILES string of the molecule is C=CC(=O)C(C)[N+](C)(C)CCCl. The van der Waals surface area contributed by atoms with Gasteiger partial charge in [0.15, 0.2) is 0 Å². The van der Waals surface area contributed by atoms with Crippen molar-refractivity contribution in [1.82, 2.24) is 0 Å². The third-order valence-corrected chi connectivity index (χ3v) is 2.49. The van der Waals surface area contributed by atoms with Crippen LogP contribution in [0.25, 0.3) is 0 Å². The molecule has 0 aromatic carbocycles. The maximum Gasteiger partial charge on any atom is 0.211 e. The van der Waals surface area contributed by atoms with Crippen LogP contribution >= 0.6 is 11.6 Å². The molecule has 1 unspecified atom stereocenters. The lowest BCUT2D eigenvalue weighted by Gasteiger charge is -2.33. The highest BCUT2D eigenvalue weighted by Crippen LogP contribution is 2.08. The second-order valence-electron chi connectivity index (χ2n) is 3.47. The number of carbonyl (C=O) groups excluding carboxylic acids is 1. The highest BCUT2D eigenvalue weighted by atomic mass is 35.5. The smallest absolute Gasteiger partial charge is 0.211 e. The summed E-state index contributed by atoms with van der Waals surface area (Å²) in [5.41, 5.74) is 0. The van der Waals surface area contributed by atoms with Crippen LogP contribution in [-0.2, 0) is 4.79 Å². The normalized spacial score (nSPS) is 14.0. The second-order valence-corrected chi connectivity index (χ2v) is 3.85. The summed E-state index contributed by atoms with van der Waals surface area (Å²) in [4.78, 5) is 11.3. The number of likely N-dealkylation sites (N-methyl/N-ethyl adjacent to an activating group) is 1. The number of hydrogen-bond donors (Lipinski definition) is 0. The maximum absolute atomic E-state index is 11.3. The van der Waals surface area contributed by atoms with E-state index in [1.165, 1.54) is 6.08 Å². The Morgan fingerprint density at radius 2 is 2.17 bits per heavy atom. The molecular weight excluding hydrogens is 174 g/mol. The van der Waals surface area contributed by atoms with Gasteiger partial charge in [0, 0.05) is 0 Å². The number of alkyl halides is 1. The molecule has 12 heavy (non-hydrogen) atoms. The molecule has 0 aliphatic carbocycles. The summed E-state index contributed by atoms with van der Waals surface area (Å²) >= 11 is 5.63. The Hall–Kier alpha value is -0.340. The summed E-state index contributed by atoms with van der Waals surface area (Å²) in [5, 5.41) is 0. The van der Waals surface area contributed by atoms with Crippen molar-refractivity contribution in [3.05, 3.63) is 12.7 Å². The molecule has 3 heteroatoms. The zero-order chi connectivity index (χ0) is 9.78. The number of halogens is 1. The molecule has 2 nitrogen and oxygen atoms in total. The van der Waals surface area contributed by atoms with Gasteiger partial charge in [-0.25, -0.2) is 0 Å². The summed E-state index contributed by atoms with van der Waals surface area (Å²) in [7, 11) is 3.99. The first kappa shape index (κ1) is 11.7. The van der Waals surface area contributed by atoms with Crippen LogP contribution in [0, 0.1) is 0 Å². The van der Waals surface area contributed by atoms with Gasteiger partial charge in [-0.05, 0) is 13.0 Å². The monoisotopic (exact) mass is 190 g/mol. The third-order valence-electron chi connectivity index (χ3n) is 2.32. The zero-order valence-electron chi connectivity index (χ0n) is 8.01. The molecular formula is C9H17ClNO+. The van der Waals surface area contributed by atoms with Gasteiger partial charge in [-0.15, -0.1) is 11.6 Å². The fourth-order valence-electron chi connectivity index (χ4n) is 0.926. The van der Waals surface area contributed by atoms with E-state index < -0.39 is 0 Å². The average Bonchev–Trinajstić information content (AvgIpc) is 2.01. The Morgan fingerprint density at radius 1 is 1.67 bits per heavy atom. The first-order valence-electron chi connectivity index (χ1n) is 4.00. The van der Waals surface area contributed by atoms with Crippen molar-refractivity contribution >= 4 is 17.4 Å². The van der Waals surface area contributed by atoms with Crippen LogP contribution in [0.2, 0.25) is 0 Å². The summed E-state index contributed by atoms with van der Waals surface area (Å²) in [6.45, 7) is 6.16. The molecule has 0 rings (SSSR count). The van der Waals surface area contributed by atoms with E-state index in [0.29, 0.717) is 10.4 Å². The van der Waals surface area contributed by atoms with Gasteiger partial charge >= 0.3 is 0 Å². The third kappa shape index (κ3) is 2.95. The van der Waals surface area contributed by atoms with Crippen molar-refractivity contribution in [1.29, 1.82) is 0 Å². The molecule has 0 saturated heterocycles. The number of hydrogen-bond acceptors (Lipinski definition) is 1. The fraction of sp³-hybridized carbons (Fsp3) is 0.667. The van der Waals surface area contributed by atoms with Crippen molar-refractivity contribution < 1.29 is 9.28 Å². The lowest BCUT2D eigenvalue weighted by Crippen LogP contribution is -2.51. The molecule has 0 heterocycles. The lowest BCUT2D eigenvalue weighted by molar-refractivity contribution is -0.901. The standard InChI is InChI=1S/C9H17ClNO/c1-5-9(12)8(2)11(3,4)7-6-10/h5,8H,1,6-7H2,2-4H3/q+1. The Labute approximate surface area is 79.4 Å². The van der Waals surface area contributed by atoms with Crippen LogP contribution in [0.3, 0.4) is 0 Å². The van der Waals surface area contributed by atoms with Crippen LogP contribution in [0.4, 0.5) is 0 Å². The van der Waals surface area contributed by atoms with Gasteiger partial charge in [0.25, 0.3) is 0 Å². The molecule has 0 saturated carbocycles. The summed E-state index contributed by atoms with van der Waals surface area (Å²) in [5.74, 6) is 0.645. The van der Waals surface area contributed by atoms with Crippen molar-refractivity contribution in [3.8, 4) is 0 Å².